The highest BCUT2D eigenvalue weighted by Gasteiger charge is 2.46. The van der Waals surface area contributed by atoms with Gasteiger partial charge >= 0.3 is 0 Å². The summed E-state index contributed by atoms with van der Waals surface area (Å²) in [5.74, 6) is -7.58. The Morgan fingerprint density at radius 2 is 1.84 bits per heavy atom. The van der Waals surface area contributed by atoms with Crippen LogP contribution in [0.15, 0.2) is 24.7 Å². The highest BCUT2D eigenvalue weighted by Crippen LogP contribution is 2.40. The largest absolute Gasteiger partial charge is 0.480 e. The van der Waals surface area contributed by atoms with Crippen LogP contribution < -0.4 is 15.8 Å². The molecule has 45 heavy (non-hydrogen) atoms. The number of fused-ring (bicyclic) bond motifs is 1. The van der Waals surface area contributed by atoms with Crippen molar-refractivity contribution in [3.63, 3.8) is 0 Å². The molecule has 0 radical (unpaired) electrons. The first-order valence-corrected chi connectivity index (χ1v) is 14.7. The molecule has 11 nitrogen and oxygen atoms in total. The molecule has 1 unspecified atom stereocenters. The minimum atomic E-state index is -2.91. The van der Waals surface area contributed by atoms with E-state index in [1.165, 1.54) is 35.1 Å². The predicted octanol–water partition coefficient (Wildman–Crippen LogP) is 3.33. The quantitative estimate of drug-likeness (QED) is 0.378. The monoisotopic (exact) mass is 636 g/mol. The zero-order valence-electron chi connectivity index (χ0n) is 24.5. The Hall–Kier alpha value is -4.08. The molecule has 2 amide bonds. The number of carbonyl (C=O) groups is 2. The number of rotatable bonds is 7. The molecule has 2 saturated heterocycles. The topological polar surface area (TPSA) is 131 Å². The second-order valence-electron chi connectivity index (χ2n) is 12.0. The molecule has 3 N–H and O–H groups in total. The van der Waals surface area contributed by atoms with Gasteiger partial charge in [0.05, 0.1) is 25.4 Å². The lowest BCUT2D eigenvalue weighted by Gasteiger charge is -2.31. The lowest BCUT2D eigenvalue weighted by molar-refractivity contribution is -0.135. The number of hydrogen-bond donors (Lipinski definition) is 2. The van der Waals surface area contributed by atoms with E-state index in [-0.39, 0.29) is 69.1 Å². The predicted molar refractivity (Wildman–Crippen MR) is 152 cm³/mol. The fourth-order valence-electron chi connectivity index (χ4n) is 6.41. The van der Waals surface area contributed by atoms with Gasteiger partial charge in [0.15, 0.2) is 5.82 Å². The molecule has 6 rings (SSSR count). The van der Waals surface area contributed by atoms with Crippen LogP contribution in [0.1, 0.15) is 48.0 Å². The number of pyridine rings is 1. The third-order valence-corrected chi connectivity index (χ3v) is 8.86. The van der Waals surface area contributed by atoms with Crippen LogP contribution in [-0.2, 0) is 11.3 Å². The Bertz CT molecular complexity index is 1610. The van der Waals surface area contributed by atoms with Crippen LogP contribution in [0.3, 0.4) is 0 Å². The van der Waals surface area contributed by atoms with E-state index < -0.39 is 48.2 Å². The van der Waals surface area contributed by atoms with Gasteiger partial charge in [0.1, 0.15) is 23.6 Å². The maximum absolute atomic E-state index is 15.0. The molecule has 3 aromatic rings. The summed E-state index contributed by atoms with van der Waals surface area (Å²) < 4.78 is 76.6. The number of aromatic nitrogens is 4. The second-order valence-corrected chi connectivity index (χ2v) is 12.0. The summed E-state index contributed by atoms with van der Waals surface area (Å²) in [4.78, 5) is 37.7. The van der Waals surface area contributed by atoms with Crippen LogP contribution in [0.2, 0.25) is 0 Å². The van der Waals surface area contributed by atoms with E-state index in [4.69, 9.17) is 10.5 Å². The summed E-state index contributed by atoms with van der Waals surface area (Å²) in [6, 6.07) is 2.21. The van der Waals surface area contributed by atoms with Gasteiger partial charge in [0, 0.05) is 69.5 Å². The Balaban J connectivity index is 1.23. The average molecular weight is 637 g/mol. The van der Waals surface area contributed by atoms with Gasteiger partial charge in [-0.05, 0) is 24.1 Å². The number of halogens is 5. The number of anilines is 1. The number of amides is 2. The standard InChI is InChI=1S/C29H33F5N8O3/c1-45-26-19(25(43)39-21-14-41(13-20(21)30)27(44)16-2-3-29(33,34)10-16)8-17(11-36-26)22-9-18(23-24(35)37-15-38-42(22)23)12-40-6-4-28(31,32)5-7-40/h8-9,11,15-16,20-21H,2-7,10,12-14H2,1H3,(H,39,43)(H2,35,37,38)/t16?,20-,21+/m0/s1. The summed E-state index contributed by atoms with van der Waals surface area (Å²) in [7, 11) is 1.32. The van der Waals surface area contributed by atoms with Crippen molar-refractivity contribution in [3.05, 3.63) is 35.8 Å². The van der Waals surface area contributed by atoms with Gasteiger partial charge in [-0.15, -0.1) is 0 Å². The number of hydrogen-bond acceptors (Lipinski definition) is 8. The fraction of sp³-hybridized carbons (Fsp3) is 0.552. The molecule has 16 heteroatoms. The summed E-state index contributed by atoms with van der Waals surface area (Å²) >= 11 is 0. The number of piperidine rings is 1. The van der Waals surface area contributed by atoms with E-state index in [1.807, 2.05) is 4.90 Å². The van der Waals surface area contributed by atoms with Crippen molar-refractivity contribution in [3.8, 4) is 17.1 Å². The number of nitrogens with two attached hydrogens (primary N) is 1. The van der Waals surface area contributed by atoms with Gasteiger partial charge in [-0.1, -0.05) is 0 Å². The molecule has 1 aliphatic carbocycles. The van der Waals surface area contributed by atoms with Crippen LogP contribution in [0, 0.1) is 5.92 Å². The first-order valence-electron chi connectivity index (χ1n) is 14.7. The fourth-order valence-corrected chi connectivity index (χ4v) is 6.41. The zero-order chi connectivity index (χ0) is 32.1. The highest BCUT2D eigenvalue weighted by atomic mass is 19.3. The number of nitrogens with one attached hydrogen (secondary N) is 1. The Morgan fingerprint density at radius 3 is 2.53 bits per heavy atom. The number of ether oxygens (including phenoxy) is 1. The van der Waals surface area contributed by atoms with Gasteiger partial charge < -0.3 is 20.7 Å². The van der Waals surface area contributed by atoms with Crippen LogP contribution in [0.5, 0.6) is 5.88 Å². The van der Waals surface area contributed by atoms with Crippen LogP contribution >= 0.6 is 0 Å². The lowest BCUT2D eigenvalue weighted by atomic mass is 10.1. The number of nitrogen functional groups attached to an aromatic ring is 1. The Kier molecular flexibility index (Phi) is 8.03. The van der Waals surface area contributed by atoms with Gasteiger partial charge in [0.2, 0.25) is 17.7 Å². The van der Waals surface area contributed by atoms with Crippen LogP contribution in [-0.4, -0.2) is 98.5 Å². The van der Waals surface area contributed by atoms with Crippen molar-refractivity contribution in [2.45, 2.75) is 62.7 Å². The molecule has 3 aliphatic rings. The maximum atomic E-state index is 15.0. The SMILES string of the molecule is COc1ncc(-c2cc(CN3CCC(F)(F)CC3)c3c(N)ncnn23)cc1C(=O)N[C@@H]1CN(C(=O)C2CCC(F)(F)C2)C[C@@H]1F. The molecule has 242 valence electrons. The van der Waals surface area contributed by atoms with Crippen LogP contribution in [0.4, 0.5) is 27.8 Å². The lowest BCUT2D eigenvalue weighted by Crippen LogP contribution is -2.42. The number of methoxy groups -OCH3 is 1. The molecule has 3 fully saturated rings. The molecule has 3 atom stereocenters. The van der Waals surface area contributed by atoms with E-state index in [9.17, 15) is 27.2 Å². The minimum absolute atomic E-state index is 0.0146. The molecule has 0 spiro atoms. The molecule has 2 aliphatic heterocycles. The normalized spacial score (nSPS) is 24.7. The second kappa shape index (κ2) is 11.7. The number of likely N-dealkylation sites (tertiary alicyclic amines) is 2. The van der Waals surface area contributed by atoms with Gasteiger partial charge in [0.25, 0.3) is 11.8 Å². The summed E-state index contributed by atoms with van der Waals surface area (Å²) in [5, 5.41) is 6.93. The number of alkyl halides is 5. The van der Waals surface area contributed by atoms with Gasteiger partial charge in [-0.2, -0.15) is 5.10 Å². The minimum Gasteiger partial charge on any atom is -0.480 e. The van der Waals surface area contributed by atoms with E-state index in [1.54, 1.807) is 6.07 Å². The zero-order valence-corrected chi connectivity index (χ0v) is 24.5. The van der Waals surface area contributed by atoms with Crippen molar-refractivity contribution in [2.24, 2.45) is 5.92 Å². The summed E-state index contributed by atoms with van der Waals surface area (Å²) in [5.41, 5.74) is 8.31. The Labute approximate surface area is 254 Å². The van der Waals surface area contributed by atoms with Crippen molar-refractivity contribution >= 4 is 23.1 Å². The van der Waals surface area contributed by atoms with E-state index in [2.05, 4.69) is 20.4 Å². The van der Waals surface area contributed by atoms with Crippen LogP contribution in [0.25, 0.3) is 16.8 Å². The molecular formula is C29H33F5N8O3. The number of carbonyl (C=O) groups excluding carboxylic acids is 2. The Morgan fingerprint density at radius 1 is 1.09 bits per heavy atom. The third-order valence-electron chi connectivity index (χ3n) is 8.86. The van der Waals surface area contributed by atoms with Crippen molar-refractivity contribution in [1.82, 2.24) is 34.7 Å². The van der Waals surface area contributed by atoms with Gasteiger partial charge in [-0.25, -0.2) is 36.4 Å². The number of nitrogens with zero attached hydrogens (tertiary/aromatic N) is 6. The first kappa shape index (κ1) is 30.9. The van der Waals surface area contributed by atoms with Crippen molar-refractivity contribution in [1.29, 1.82) is 0 Å². The molecular weight excluding hydrogens is 603 g/mol. The molecule has 3 aromatic heterocycles. The third kappa shape index (κ3) is 6.24. The smallest absolute Gasteiger partial charge is 0.257 e. The van der Waals surface area contributed by atoms with E-state index in [0.29, 0.717) is 28.9 Å². The van der Waals surface area contributed by atoms with E-state index >= 15 is 4.39 Å². The first-order chi connectivity index (χ1) is 21.3. The van der Waals surface area contributed by atoms with Crippen molar-refractivity contribution < 1.29 is 36.3 Å². The molecule has 0 bridgehead atoms. The van der Waals surface area contributed by atoms with Crippen molar-refractivity contribution in [2.75, 3.05) is 39.0 Å². The van der Waals surface area contributed by atoms with E-state index in [0.717, 1.165) is 0 Å². The highest BCUT2D eigenvalue weighted by molar-refractivity contribution is 5.98. The summed E-state index contributed by atoms with van der Waals surface area (Å²) in [6.07, 6.45) is -0.278. The maximum Gasteiger partial charge on any atom is 0.257 e. The molecule has 5 heterocycles. The molecule has 0 aromatic carbocycles. The van der Waals surface area contributed by atoms with Gasteiger partial charge in [-0.3, -0.25) is 14.5 Å². The average Bonchev–Trinajstić information content (AvgIpc) is 3.68. The summed E-state index contributed by atoms with van der Waals surface area (Å²) in [6.45, 7) is 0.259. The molecule has 1 saturated carbocycles.